The van der Waals surface area contributed by atoms with Gasteiger partial charge in [0.2, 0.25) is 10.0 Å². The number of anilines is 1. The summed E-state index contributed by atoms with van der Waals surface area (Å²) in [6.45, 7) is 2.39. The molecule has 0 radical (unpaired) electrons. The Bertz CT molecular complexity index is 943. The fraction of sp³-hybridized carbons (Fsp3) is 0.421. The van der Waals surface area contributed by atoms with E-state index < -0.39 is 34.6 Å². The molecule has 1 aromatic heterocycles. The molecule has 2 heterocycles. The lowest BCUT2D eigenvalue weighted by Crippen LogP contribution is -2.42. The maximum Gasteiger partial charge on any atom is 0.409 e. The number of halogens is 4. The van der Waals surface area contributed by atoms with Crippen molar-refractivity contribution in [3.63, 3.8) is 0 Å². The van der Waals surface area contributed by atoms with Gasteiger partial charge in [0.15, 0.2) is 0 Å². The van der Waals surface area contributed by atoms with Crippen LogP contribution >= 0.6 is 0 Å². The number of hydrogen-bond donors (Lipinski definition) is 0. The molecule has 1 atom stereocenters. The summed E-state index contributed by atoms with van der Waals surface area (Å²) in [7, 11) is -4.51. The zero-order valence-corrected chi connectivity index (χ0v) is 16.5. The van der Waals surface area contributed by atoms with Crippen LogP contribution in [-0.2, 0) is 10.0 Å². The molecule has 5 nitrogen and oxygen atoms in total. The van der Waals surface area contributed by atoms with Crippen molar-refractivity contribution in [1.29, 1.82) is 0 Å². The number of aromatic nitrogens is 1. The highest BCUT2D eigenvalue weighted by Crippen LogP contribution is 2.40. The molecule has 0 unspecified atom stereocenters. The zero-order valence-electron chi connectivity index (χ0n) is 15.7. The lowest BCUT2D eigenvalue weighted by Gasteiger charge is -2.32. The summed E-state index contributed by atoms with van der Waals surface area (Å²) in [6, 6.07) is 2.58. The van der Waals surface area contributed by atoms with Gasteiger partial charge in [0.1, 0.15) is 16.8 Å². The minimum absolute atomic E-state index is 0.305. The first-order valence-electron chi connectivity index (χ1n) is 9.18. The molecule has 0 aliphatic carbocycles. The van der Waals surface area contributed by atoms with E-state index in [0.717, 1.165) is 56.4 Å². The van der Waals surface area contributed by atoms with Gasteiger partial charge in [-0.2, -0.15) is 17.5 Å². The fourth-order valence-electron chi connectivity index (χ4n) is 3.49. The smallest absolute Gasteiger partial charge is 0.370 e. The summed E-state index contributed by atoms with van der Waals surface area (Å²) < 4.78 is 81.6. The summed E-state index contributed by atoms with van der Waals surface area (Å²) in [6.07, 6.45) is -0.421. The first-order valence-corrected chi connectivity index (χ1v) is 10.6. The fourth-order valence-corrected chi connectivity index (χ4v) is 5.08. The van der Waals surface area contributed by atoms with Crippen LogP contribution in [0.15, 0.2) is 47.6 Å². The SMILES string of the molecule is CCN([C@@H](c1ccc(F)cc1)C(F)(F)F)S(=O)(=O)c1cncc(N2CCCC2)c1. The Hall–Kier alpha value is -2.20. The van der Waals surface area contributed by atoms with E-state index in [2.05, 4.69) is 4.98 Å². The van der Waals surface area contributed by atoms with Crippen LogP contribution in [0.25, 0.3) is 0 Å². The van der Waals surface area contributed by atoms with Crippen molar-refractivity contribution in [3.8, 4) is 0 Å². The number of benzene rings is 1. The summed E-state index contributed by atoms with van der Waals surface area (Å²) in [5.41, 5.74) is 0.206. The van der Waals surface area contributed by atoms with Crippen LogP contribution in [0, 0.1) is 5.82 Å². The quantitative estimate of drug-likeness (QED) is 0.646. The van der Waals surface area contributed by atoms with Crippen molar-refractivity contribution in [2.24, 2.45) is 0 Å². The van der Waals surface area contributed by atoms with Gasteiger partial charge < -0.3 is 4.90 Å². The van der Waals surface area contributed by atoms with E-state index in [-0.39, 0.29) is 10.5 Å². The number of rotatable bonds is 6. The average molecular weight is 431 g/mol. The molecule has 1 aliphatic rings. The highest BCUT2D eigenvalue weighted by Gasteiger charge is 2.48. The molecule has 0 saturated carbocycles. The van der Waals surface area contributed by atoms with Crippen molar-refractivity contribution in [2.45, 2.75) is 36.9 Å². The molecule has 10 heteroatoms. The number of hydrogen-bond acceptors (Lipinski definition) is 4. The van der Waals surface area contributed by atoms with Gasteiger partial charge in [-0.05, 0) is 36.6 Å². The molecular formula is C19H21F4N3O2S. The monoisotopic (exact) mass is 431 g/mol. The van der Waals surface area contributed by atoms with Crippen molar-refractivity contribution >= 4 is 15.7 Å². The van der Waals surface area contributed by atoms with Crippen LogP contribution < -0.4 is 4.90 Å². The van der Waals surface area contributed by atoms with Crippen LogP contribution in [0.3, 0.4) is 0 Å². The van der Waals surface area contributed by atoms with E-state index in [4.69, 9.17) is 0 Å². The summed E-state index contributed by atoms with van der Waals surface area (Å²) >= 11 is 0. The molecule has 1 aromatic carbocycles. The molecule has 0 bridgehead atoms. The predicted molar refractivity (Wildman–Crippen MR) is 100 cm³/mol. The normalized spacial score (nSPS) is 16.4. The molecule has 2 aromatic rings. The van der Waals surface area contributed by atoms with Gasteiger partial charge in [-0.1, -0.05) is 19.1 Å². The van der Waals surface area contributed by atoms with E-state index in [9.17, 15) is 26.0 Å². The molecule has 29 heavy (non-hydrogen) atoms. The van der Waals surface area contributed by atoms with E-state index in [0.29, 0.717) is 9.99 Å². The van der Waals surface area contributed by atoms with E-state index in [1.54, 1.807) is 0 Å². The second kappa shape index (κ2) is 8.27. The highest BCUT2D eigenvalue weighted by molar-refractivity contribution is 7.89. The molecule has 3 rings (SSSR count). The van der Waals surface area contributed by atoms with Gasteiger partial charge in [0, 0.05) is 25.8 Å². The Labute approximate surface area is 167 Å². The third kappa shape index (κ3) is 4.53. The molecule has 1 fully saturated rings. The Kier molecular flexibility index (Phi) is 6.13. The first kappa shape index (κ1) is 21.5. The van der Waals surface area contributed by atoms with Gasteiger partial charge in [-0.3, -0.25) is 4.98 Å². The van der Waals surface area contributed by atoms with Gasteiger partial charge in [-0.15, -0.1) is 0 Å². The molecule has 0 N–H and O–H groups in total. The maximum absolute atomic E-state index is 13.9. The topological polar surface area (TPSA) is 53.5 Å². The lowest BCUT2D eigenvalue weighted by atomic mass is 10.1. The highest BCUT2D eigenvalue weighted by atomic mass is 32.2. The van der Waals surface area contributed by atoms with Crippen LogP contribution in [0.4, 0.5) is 23.2 Å². The molecule has 158 valence electrons. The standard InChI is InChI=1S/C19H21F4N3O2S/c1-2-26(18(19(21,22)23)14-5-7-15(20)8-6-14)29(27,28)17-11-16(12-24-13-17)25-9-3-4-10-25/h5-8,11-13,18H,2-4,9-10H2,1H3/t18-/m0/s1. The molecule has 0 amide bonds. The van der Waals surface area contributed by atoms with Crippen molar-refractivity contribution < 1.29 is 26.0 Å². The van der Waals surface area contributed by atoms with E-state index >= 15 is 0 Å². The Balaban J connectivity index is 2.04. The average Bonchev–Trinajstić information content (AvgIpc) is 3.21. The Morgan fingerprint density at radius 1 is 1.14 bits per heavy atom. The van der Waals surface area contributed by atoms with Gasteiger partial charge in [0.05, 0.1) is 11.9 Å². The van der Waals surface area contributed by atoms with Crippen molar-refractivity contribution in [1.82, 2.24) is 9.29 Å². The Morgan fingerprint density at radius 2 is 1.76 bits per heavy atom. The largest absolute Gasteiger partial charge is 0.409 e. The minimum Gasteiger partial charge on any atom is -0.370 e. The molecule has 0 spiro atoms. The number of pyridine rings is 1. The summed E-state index contributed by atoms with van der Waals surface area (Å²) in [4.78, 5) is 5.58. The third-order valence-corrected chi connectivity index (χ3v) is 6.78. The van der Waals surface area contributed by atoms with Crippen LogP contribution in [0.2, 0.25) is 0 Å². The van der Waals surface area contributed by atoms with Crippen molar-refractivity contribution in [3.05, 3.63) is 54.1 Å². The van der Waals surface area contributed by atoms with Gasteiger partial charge in [-0.25, -0.2) is 12.8 Å². The molecular weight excluding hydrogens is 410 g/mol. The lowest BCUT2D eigenvalue weighted by molar-refractivity contribution is -0.173. The minimum atomic E-state index is -4.89. The summed E-state index contributed by atoms with van der Waals surface area (Å²) in [5, 5.41) is 0. The van der Waals surface area contributed by atoms with Crippen LogP contribution in [0.5, 0.6) is 0 Å². The number of nitrogens with zero attached hydrogens (tertiary/aromatic N) is 3. The van der Waals surface area contributed by atoms with Crippen LogP contribution in [-0.4, -0.2) is 43.5 Å². The molecule has 1 aliphatic heterocycles. The van der Waals surface area contributed by atoms with Gasteiger partial charge >= 0.3 is 6.18 Å². The van der Waals surface area contributed by atoms with Crippen LogP contribution in [0.1, 0.15) is 31.4 Å². The number of sulfonamides is 1. The first-order chi connectivity index (χ1) is 13.6. The third-order valence-electron chi connectivity index (χ3n) is 4.87. The summed E-state index contributed by atoms with van der Waals surface area (Å²) in [5.74, 6) is -0.705. The van der Waals surface area contributed by atoms with E-state index in [1.165, 1.54) is 19.2 Å². The second-order valence-corrected chi connectivity index (χ2v) is 8.67. The van der Waals surface area contributed by atoms with E-state index in [1.807, 2.05) is 4.90 Å². The zero-order chi connectivity index (χ0) is 21.2. The predicted octanol–water partition coefficient (Wildman–Crippen LogP) is 4.14. The second-order valence-electron chi connectivity index (χ2n) is 6.78. The van der Waals surface area contributed by atoms with Gasteiger partial charge in [0.25, 0.3) is 0 Å². The maximum atomic E-state index is 13.9. The molecule has 1 saturated heterocycles. The number of alkyl halides is 3. The Morgan fingerprint density at radius 3 is 2.31 bits per heavy atom. The van der Waals surface area contributed by atoms with Crippen molar-refractivity contribution in [2.75, 3.05) is 24.5 Å².